The van der Waals surface area contributed by atoms with Crippen LogP contribution in [0.15, 0.2) is 30.3 Å². The summed E-state index contributed by atoms with van der Waals surface area (Å²) in [5, 5.41) is 0. The van der Waals surface area contributed by atoms with Crippen molar-refractivity contribution in [2.75, 3.05) is 0 Å². The summed E-state index contributed by atoms with van der Waals surface area (Å²) < 4.78 is 19.7. The first kappa shape index (κ1) is 14.5. The van der Waals surface area contributed by atoms with Crippen molar-refractivity contribution in [3.8, 4) is 11.5 Å². The van der Waals surface area contributed by atoms with E-state index in [-0.39, 0.29) is 11.9 Å². The Kier molecular flexibility index (Phi) is 4.09. The highest BCUT2D eigenvalue weighted by molar-refractivity contribution is 5.46. The molecule has 2 aromatic carbocycles. The number of halogens is 1. The van der Waals surface area contributed by atoms with Gasteiger partial charge in [0.05, 0.1) is 0 Å². The molecule has 0 radical (unpaired) electrons. The summed E-state index contributed by atoms with van der Waals surface area (Å²) in [6.07, 6.45) is 0. The molecule has 2 aromatic rings. The van der Waals surface area contributed by atoms with Gasteiger partial charge >= 0.3 is 0 Å². The van der Waals surface area contributed by atoms with Crippen molar-refractivity contribution in [1.29, 1.82) is 0 Å². The van der Waals surface area contributed by atoms with Crippen LogP contribution in [-0.4, -0.2) is 0 Å². The number of ether oxygens (including phenoxy) is 1. The van der Waals surface area contributed by atoms with E-state index in [4.69, 9.17) is 10.5 Å². The molecule has 0 heterocycles. The van der Waals surface area contributed by atoms with Crippen molar-refractivity contribution in [2.24, 2.45) is 5.73 Å². The molecule has 1 unspecified atom stereocenters. The summed E-state index contributed by atoms with van der Waals surface area (Å²) in [6, 6.07) is 8.76. The third-order valence-corrected chi connectivity index (χ3v) is 3.56. The Morgan fingerprint density at radius 3 is 2.40 bits per heavy atom. The molecule has 0 bridgehead atoms. The predicted octanol–water partition coefficient (Wildman–Crippen LogP) is 4.56. The summed E-state index contributed by atoms with van der Waals surface area (Å²) in [6.45, 7) is 7.58. The molecule has 0 aliphatic carbocycles. The van der Waals surface area contributed by atoms with E-state index in [1.165, 1.54) is 6.07 Å². The second kappa shape index (κ2) is 5.63. The molecule has 3 heteroatoms. The van der Waals surface area contributed by atoms with Gasteiger partial charge in [-0.05, 0) is 62.6 Å². The molecule has 106 valence electrons. The molecule has 0 aliphatic rings. The van der Waals surface area contributed by atoms with E-state index in [9.17, 15) is 4.39 Å². The lowest BCUT2D eigenvalue weighted by Crippen LogP contribution is -2.08. The molecule has 0 saturated carbocycles. The van der Waals surface area contributed by atoms with Gasteiger partial charge in [-0.3, -0.25) is 0 Å². The van der Waals surface area contributed by atoms with E-state index < -0.39 is 0 Å². The molecule has 0 fully saturated rings. The average molecular weight is 273 g/mol. The van der Waals surface area contributed by atoms with Gasteiger partial charge in [0, 0.05) is 11.6 Å². The molecule has 0 aliphatic heterocycles. The normalized spacial score (nSPS) is 12.3. The Balaban J connectivity index is 2.47. The molecular weight excluding hydrogens is 253 g/mol. The summed E-state index contributed by atoms with van der Waals surface area (Å²) in [7, 11) is 0. The van der Waals surface area contributed by atoms with Gasteiger partial charge in [-0.25, -0.2) is 4.39 Å². The van der Waals surface area contributed by atoms with Gasteiger partial charge in [0.2, 0.25) is 0 Å². The van der Waals surface area contributed by atoms with Gasteiger partial charge in [0.25, 0.3) is 0 Å². The lowest BCUT2D eigenvalue weighted by atomic mass is 10.0. The van der Waals surface area contributed by atoms with Crippen molar-refractivity contribution in [3.63, 3.8) is 0 Å². The number of nitrogens with two attached hydrogens (primary N) is 1. The molecule has 2 rings (SSSR count). The number of benzene rings is 2. The molecule has 0 amide bonds. The molecule has 2 N–H and O–H groups in total. The Morgan fingerprint density at radius 1 is 1.05 bits per heavy atom. The smallest absolute Gasteiger partial charge is 0.132 e. The standard InChI is InChI=1S/C17H20FNO/c1-10-6-5-7-16(12(10)3)20-17-8-11(2)15(18)9-14(17)13(4)19/h5-9,13H,19H2,1-4H3. The first-order chi connectivity index (χ1) is 9.40. The summed E-state index contributed by atoms with van der Waals surface area (Å²) in [4.78, 5) is 0. The van der Waals surface area contributed by atoms with Gasteiger partial charge < -0.3 is 10.5 Å². The highest BCUT2D eigenvalue weighted by Gasteiger charge is 2.14. The Bertz CT molecular complexity index is 635. The zero-order valence-electron chi connectivity index (χ0n) is 12.3. The number of hydrogen-bond acceptors (Lipinski definition) is 2. The van der Waals surface area contributed by atoms with Crippen LogP contribution in [0.3, 0.4) is 0 Å². The minimum atomic E-state index is -0.287. The van der Waals surface area contributed by atoms with E-state index >= 15 is 0 Å². The van der Waals surface area contributed by atoms with Crippen molar-refractivity contribution in [2.45, 2.75) is 33.7 Å². The summed E-state index contributed by atoms with van der Waals surface area (Å²) in [5.41, 5.74) is 9.36. The minimum absolute atomic E-state index is 0.259. The van der Waals surface area contributed by atoms with Crippen LogP contribution >= 0.6 is 0 Å². The Labute approximate surface area is 119 Å². The maximum atomic E-state index is 13.7. The molecule has 2 nitrogen and oxygen atoms in total. The quantitative estimate of drug-likeness (QED) is 0.889. The Morgan fingerprint density at radius 2 is 1.75 bits per heavy atom. The first-order valence-corrected chi connectivity index (χ1v) is 6.70. The Hall–Kier alpha value is -1.87. The van der Waals surface area contributed by atoms with Crippen LogP contribution in [0.25, 0.3) is 0 Å². The van der Waals surface area contributed by atoms with Crippen LogP contribution in [0.1, 0.15) is 35.2 Å². The zero-order valence-corrected chi connectivity index (χ0v) is 12.3. The largest absolute Gasteiger partial charge is 0.457 e. The van der Waals surface area contributed by atoms with E-state index in [0.717, 1.165) is 16.9 Å². The summed E-state index contributed by atoms with van der Waals surface area (Å²) in [5.74, 6) is 1.14. The second-order valence-corrected chi connectivity index (χ2v) is 5.23. The predicted molar refractivity (Wildman–Crippen MR) is 79.7 cm³/mol. The molecular formula is C17H20FNO. The highest BCUT2D eigenvalue weighted by Crippen LogP contribution is 2.33. The lowest BCUT2D eigenvalue weighted by Gasteiger charge is -2.17. The van der Waals surface area contributed by atoms with Crippen molar-refractivity contribution in [3.05, 3.63) is 58.4 Å². The fourth-order valence-corrected chi connectivity index (χ4v) is 2.07. The minimum Gasteiger partial charge on any atom is -0.457 e. The maximum absolute atomic E-state index is 13.7. The van der Waals surface area contributed by atoms with Gasteiger partial charge in [-0.1, -0.05) is 12.1 Å². The van der Waals surface area contributed by atoms with E-state index in [1.54, 1.807) is 13.0 Å². The van der Waals surface area contributed by atoms with Gasteiger partial charge in [0.1, 0.15) is 17.3 Å². The SMILES string of the molecule is Cc1cc(Oc2cccc(C)c2C)c(C(C)N)cc1F. The van der Waals surface area contributed by atoms with Crippen LogP contribution in [0.2, 0.25) is 0 Å². The fourth-order valence-electron chi connectivity index (χ4n) is 2.07. The monoisotopic (exact) mass is 273 g/mol. The topological polar surface area (TPSA) is 35.2 Å². The third kappa shape index (κ3) is 2.83. The second-order valence-electron chi connectivity index (χ2n) is 5.23. The fraction of sp³-hybridized carbons (Fsp3) is 0.294. The van der Waals surface area contributed by atoms with Crippen molar-refractivity contribution >= 4 is 0 Å². The number of hydrogen-bond donors (Lipinski definition) is 1. The first-order valence-electron chi connectivity index (χ1n) is 6.70. The summed E-state index contributed by atoms with van der Waals surface area (Å²) >= 11 is 0. The van der Waals surface area contributed by atoms with Gasteiger partial charge in [-0.15, -0.1) is 0 Å². The molecule has 0 spiro atoms. The van der Waals surface area contributed by atoms with Crippen LogP contribution in [0.4, 0.5) is 4.39 Å². The molecule has 0 aromatic heterocycles. The van der Waals surface area contributed by atoms with Crippen LogP contribution < -0.4 is 10.5 Å². The van der Waals surface area contributed by atoms with Crippen LogP contribution in [0.5, 0.6) is 11.5 Å². The number of aryl methyl sites for hydroxylation is 2. The number of rotatable bonds is 3. The van der Waals surface area contributed by atoms with E-state index in [1.807, 2.05) is 39.0 Å². The maximum Gasteiger partial charge on any atom is 0.132 e. The van der Waals surface area contributed by atoms with E-state index in [2.05, 4.69) is 0 Å². The van der Waals surface area contributed by atoms with Crippen molar-refractivity contribution < 1.29 is 9.13 Å². The molecule has 0 saturated heterocycles. The highest BCUT2D eigenvalue weighted by atomic mass is 19.1. The zero-order chi connectivity index (χ0) is 14.9. The van der Waals surface area contributed by atoms with Gasteiger partial charge in [0.15, 0.2) is 0 Å². The van der Waals surface area contributed by atoms with Crippen molar-refractivity contribution in [1.82, 2.24) is 0 Å². The van der Waals surface area contributed by atoms with Gasteiger partial charge in [-0.2, -0.15) is 0 Å². The van der Waals surface area contributed by atoms with Crippen LogP contribution in [0, 0.1) is 26.6 Å². The molecule has 1 atom stereocenters. The average Bonchev–Trinajstić information content (AvgIpc) is 2.38. The van der Waals surface area contributed by atoms with Crippen LogP contribution in [-0.2, 0) is 0 Å². The van der Waals surface area contributed by atoms with E-state index in [0.29, 0.717) is 16.9 Å². The molecule has 20 heavy (non-hydrogen) atoms. The lowest BCUT2D eigenvalue weighted by molar-refractivity contribution is 0.464. The third-order valence-electron chi connectivity index (χ3n) is 3.56.